The number of hydrogen-bond donors (Lipinski definition) is 2. The highest BCUT2D eigenvalue weighted by Crippen LogP contribution is 2.34. The van der Waals surface area contributed by atoms with Crippen LogP contribution in [0.25, 0.3) is 0 Å². The predicted octanol–water partition coefficient (Wildman–Crippen LogP) is 2.07. The van der Waals surface area contributed by atoms with Gasteiger partial charge in [-0.05, 0) is 62.3 Å². The van der Waals surface area contributed by atoms with Crippen LogP contribution in [0.1, 0.15) is 37.7 Å². The zero-order valence-corrected chi connectivity index (χ0v) is 13.4. The van der Waals surface area contributed by atoms with Gasteiger partial charge in [-0.2, -0.15) is 0 Å². The lowest BCUT2D eigenvalue weighted by molar-refractivity contribution is -0.126. The molecule has 1 saturated heterocycles. The molecule has 1 aliphatic carbocycles. The van der Waals surface area contributed by atoms with E-state index < -0.39 is 0 Å². The Hall–Kier alpha value is -1.46. The average molecular weight is 320 g/mol. The highest BCUT2D eigenvalue weighted by atomic mass is 19.1. The van der Waals surface area contributed by atoms with Gasteiger partial charge in [-0.3, -0.25) is 9.69 Å². The van der Waals surface area contributed by atoms with Crippen molar-refractivity contribution < 1.29 is 14.3 Å². The molecule has 3 rings (SSSR count). The number of amides is 1. The minimum absolute atomic E-state index is 0.0787. The molecule has 1 aromatic carbocycles. The van der Waals surface area contributed by atoms with E-state index in [0.29, 0.717) is 18.9 Å². The summed E-state index contributed by atoms with van der Waals surface area (Å²) in [4.78, 5) is 14.8. The SMILES string of the molecule is O=C(NC(CCO)C1CC1)C1CCCN1Cc1ccc(F)cc1. The molecule has 2 unspecified atom stereocenters. The summed E-state index contributed by atoms with van der Waals surface area (Å²) in [6.45, 7) is 1.68. The molecule has 0 bridgehead atoms. The van der Waals surface area contributed by atoms with E-state index in [0.717, 1.165) is 37.8 Å². The van der Waals surface area contributed by atoms with Gasteiger partial charge in [0.25, 0.3) is 0 Å². The number of halogens is 1. The van der Waals surface area contributed by atoms with Gasteiger partial charge in [0.2, 0.25) is 5.91 Å². The van der Waals surface area contributed by atoms with Gasteiger partial charge in [0, 0.05) is 19.2 Å². The van der Waals surface area contributed by atoms with Crippen molar-refractivity contribution in [3.63, 3.8) is 0 Å². The molecule has 1 heterocycles. The molecule has 1 aromatic rings. The van der Waals surface area contributed by atoms with Crippen molar-refractivity contribution in [2.45, 2.75) is 50.7 Å². The van der Waals surface area contributed by atoms with Gasteiger partial charge in [0.1, 0.15) is 5.82 Å². The first-order valence-corrected chi connectivity index (χ1v) is 8.57. The van der Waals surface area contributed by atoms with E-state index >= 15 is 0 Å². The van der Waals surface area contributed by atoms with Crippen molar-refractivity contribution >= 4 is 5.91 Å². The maximum Gasteiger partial charge on any atom is 0.237 e. The molecule has 1 saturated carbocycles. The lowest BCUT2D eigenvalue weighted by Gasteiger charge is -2.26. The number of aliphatic hydroxyl groups is 1. The highest BCUT2D eigenvalue weighted by Gasteiger charge is 2.36. The normalized spacial score (nSPS) is 23.0. The van der Waals surface area contributed by atoms with Crippen LogP contribution in [0, 0.1) is 11.7 Å². The van der Waals surface area contributed by atoms with Crippen LogP contribution in [0.3, 0.4) is 0 Å². The molecule has 2 aliphatic rings. The van der Waals surface area contributed by atoms with Gasteiger partial charge in [-0.15, -0.1) is 0 Å². The molecule has 2 N–H and O–H groups in total. The van der Waals surface area contributed by atoms with Crippen molar-refractivity contribution in [1.29, 1.82) is 0 Å². The fraction of sp³-hybridized carbons (Fsp3) is 0.611. The summed E-state index contributed by atoms with van der Waals surface area (Å²) in [5, 5.41) is 12.3. The number of carbonyl (C=O) groups is 1. The van der Waals surface area contributed by atoms with E-state index in [9.17, 15) is 9.18 Å². The van der Waals surface area contributed by atoms with Gasteiger partial charge in [0.15, 0.2) is 0 Å². The minimum atomic E-state index is -0.235. The molecule has 0 aromatic heterocycles. The van der Waals surface area contributed by atoms with Crippen LogP contribution in [0.5, 0.6) is 0 Å². The number of nitrogens with one attached hydrogen (secondary N) is 1. The molecule has 1 amide bonds. The molecule has 126 valence electrons. The van der Waals surface area contributed by atoms with E-state index in [1.165, 1.54) is 12.1 Å². The number of aliphatic hydroxyl groups excluding tert-OH is 1. The quantitative estimate of drug-likeness (QED) is 0.809. The maximum absolute atomic E-state index is 13.0. The third-order valence-corrected chi connectivity index (χ3v) is 4.92. The molecule has 0 radical (unpaired) electrons. The zero-order chi connectivity index (χ0) is 16.2. The molecule has 2 atom stereocenters. The van der Waals surface area contributed by atoms with E-state index in [1.807, 2.05) is 0 Å². The van der Waals surface area contributed by atoms with Crippen molar-refractivity contribution in [3.8, 4) is 0 Å². The lowest BCUT2D eigenvalue weighted by Crippen LogP contribution is -2.47. The van der Waals surface area contributed by atoms with Crippen molar-refractivity contribution in [3.05, 3.63) is 35.6 Å². The van der Waals surface area contributed by atoms with Crippen molar-refractivity contribution in [2.75, 3.05) is 13.2 Å². The van der Waals surface area contributed by atoms with Crippen LogP contribution in [0.2, 0.25) is 0 Å². The minimum Gasteiger partial charge on any atom is -0.396 e. The van der Waals surface area contributed by atoms with Crippen LogP contribution >= 0.6 is 0 Å². The van der Waals surface area contributed by atoms with Crippen LogP contribution < -0.4 is 5.32 Å². The van der Waals surface area contributed by atoms with E-state index in [4.69, 9.17) is 5.11 Å². The summed E-state index contributed by atoms with van der Waals surface area (Å²) in [7, 11) is 0. The maximum atomic E-state index is 13.0. The van der Waals surface area contributed by atoms with Gasteiger partial charge in [-0.1, -0.05) is 12.1 Å². The molecule has 4 nitrogen and oxygen atoms in total. The topological polar surface area (TPSA) is 52.6 Å². The highest BCUT2D eigenvalue weighted by molar-refractivity contribution is 5.82. The Bertz CT molecular complexity index is 530. The summed E-state index contributed by atoms with van der Waals surface area (Å²) in [5.41, 5.74) is 1.03. The Morgan fingerprint density at radius 3 is 2.70 bits per heavy atom. The molecule has 2 fully saturated rings. The van der Waals surface area contributed by atoms with Gasteiger partial charge in [-0.25, -0.2) is 4.39 Å². The summed E-state index contributed by atoms with van der Waals surface area (Å²) >= 11 is 0. The fourth-order valence-electron chi connectivity index (χ4n) is 3.48. The van der Waals surface area contributed by atoms with Crippen LogP contribution in [-0.4, -0.2) is 41.1 Å². The fourth-order valence-corrected chi connectivity index (χ4v) is 3.48. The Morgan fingerprint density at radius 1 is 1.30 bits per heavy atom. The van der Waals surface area contributed by atoms with Crippen LogP contribution in [-0.2, 0) is 11.3 Å². The summed E-state index contributed by atoms with van der Waals surface area (Å²) in [6, 6.07) is 6.49. The second-order valence-corrected chi connectivity index (χ2v) is 6.72. The van der Waals surface area contributed by atoms with Gasteiger partial charge in [0.05, 0.1) is 6.04 Å². The monoisotopic (exact) mass is 320 g/mol. The smallest absolute Gasteiger partial charge is 0.237 e. The standard InChI is InChI=1S/C18H25FN2O2/c19-15-7-3-13(4-8-15)12-21-10-1-2-17(21)18(23)20-16(9-11-22)14-5-6-14/h3-4,7-8,14,16-17,22H,1-2,5-6,9-12H2,(H,20,23). The van der Waals surface area contributed by atoms with E-state index in [-0.39, 0.29) is 30.4 Å². The molecule has 5 heteroatoms. The van der Waals surface area contributed by atoms with Gasteiger partial charge < -0.3 is 10.4 Å². The number of carbonyl (C=O) groups excluding carboxylic acids is 1. The Balaban J connectivity index is 1.58. The zero-order valence-electron chi connectivity index (χ0n) is 13.4. The number of likely N-dealkylation sites (tertiary alicyclic amines) is 1. The van der Waals surface area contributed by atoms with Gasteiger partial charge >= 0.3 is 0 Å². The van der Waals surface area contributed by atoms with E-state index in [1.54, 1.807) is 12.1 Å². The Labute approximate surface area is 136 Å². The summed E-state index contributed by atoms with van der Waals surface area (Å²) in [5.74, 6) is 0.383. The van der Waals surface area contributed by atoms with E-state index in [2.05, 4.69) is 10.2 Å². The molecule has 0 spiro atoms. The summed E-state index contributed by atoms with van der Waals surface area (Å²) in [6.07, 6.45) is 4.81. The molecular weight excluding hydrogens is 295 g/mol. The molecule has 1 aliphatic heterocycles. The second-order valence-electron chi connectivity index (χ2n) is 6.72. The first-order valence-electron chi connectivity index (χ1n) is 8.57. The second kappa shape index (κ2) is 7.41. The van der Waals surface area contributed by atoms with Crippen molar-refractivity contribution in [2.24, 2.45) is 5.92 Å². The first kappa shape index (κ1) is 16.4. The first-order chi connectivity index (χ1) is 11.2. The summed E-state index contributed by atoms with van der Waals surface area (Å²) < 4.78 is 13.0. The number of hydrogen-bond acceptors (Lipinski definition) is 3. The number of nitrogens with zero attached hydrogens (tertiary/aromatic N) is 1. The van der Waals surface area contributed by atoms with Crippen molar-refractivity contribution in [1.82, 2.24) is 10.2 Å². The van der Waals surface area contributed by atoms with Crippen LogP contribution in [0.4, 0.5) is 4.39 Å². The predicted molar refractivity (Wildman–Crippen MR) is 86.2 cm³/mol. The Morgan fingerprint density at radius 2 is 2.04 bits per heavy atom. The Kier molecular flexibility index (Phi) is 5.28. The largest absolute Gasteiger partial charge is 0.396 e. The number of benzene rings is 1. The number of rotatable bonds is 7. The third kappa shape index (κ3) is 4.30. The third-order valence-electron chi connectivity index (χ3n) is 4.92. The average Bonchev–Trinajstić information content (AvgIpc) is 3.28. The lowest BCUT2D eigenvalue weighted by atomic mass is 10.1. The van der Waals surface area contributed by atoms with Crippen LogP contribution in [0.15, 0.2) is 24.3 Å². The molecular formula is C18H25FN2O2. The molecule has 23 heavy (non-hydrogen) atoms.